The molecule has 0 saturated carbocycles. The number of hydrogen-bond donors (Lipinski definition) is 2. The third kappa shape index (κ3) is 4.01. The van der Waals surface area contributed by atoms with E-state index in [1.807, 2.05) is 13.8 Å². The molecule has 132 valence electrons. The van der Waals surface area contributed by atoms with Gasteiger partial charge in [0.2, 0.25) is 5.91 Å². The molecule has 7 heteroatoms. The van der Waals surface area contributed by atoms with Crippen molar-refractivity contribution in [2.24, 2.45) is 11.3 Å². The molecule has 24 heavy (non-hydrogen) atoms. The Labute approximate surface area is 142 Å². The smallest absolute Gasteiger partial charge is 0.311 e. The summed E-state index contributed by atoms with van der Waals surface area (Å²) in [4.78, 5) is 34.4. The molecule has 2 N–H and O–H groups in total. The molecule has 1 saturated heterocycles. The zero-order chi connectivity index (χ0) is 17.6. The lowest BCUT2D eigenvalue weighted by atomic mass is 9.82. The highest BCUT2D eigenvalue weighted by Gasteiger charge is 2.36. The average molecular weight is 334 g/mol. The molecule has 0 atom stereocenters. The summed E-state index contributed by atoms with van der Waals surface area (Å²) in [7, 11) is 0. The second-order valence-corrected chi connectivity index (χ2v) is 6.34. The summed E-state index contributed by atoms with van der Waals surface area (Å²) < 4.78 is 0. The molecular weight excluding hydrogens is 308 g/mol. The quantitative estimate of drug-likeness (QED) is 0.788. The summed E-state index contributed by atoms with van der Waals surface area (Å²) in [5.41, 5.74) is -0.865. The van der Waals surface area contributed by atoms with Crippen LogP contribution in [0.4, 0.5) is 5.82 Å². The number of carbonyl (C=O) groups excluding carboxylic acids is 1. The Morgan fingerprint density at radius 3 is 2.46 bits per heavy atom. The van der Waals surface area contributed by atoms with E-state index in [0.717, 1.165) is 31.7 Å². The minimum absolute atomic E-state index is 0.0404. The molecule has 0 aromatic carbocycles. The second kappa shape index (κ2) is 8.08. The molecule has 1 fully saturated rings. The molecule has 2 heterocycles. The number of amides is 1. The van der Waals surface area contributed by atoms with E-state index >= 15 is 0 Å². The minimum atomic E-state index is -0.865. The Hall–Kier alpha value is -2.18. The molecule has 1 aromatic heterocycles. The topological polar surface area (TPSA) is 95.4 Å². The number of aromatic nitrogens is 2. The maximum atomic E-state index is 12.4. The van der Waals surface area contributed by atoms with E-state index in [1.165, 1.54) is 0 Å². The Morgan fingerprint density at radius 2 is 1.96 bits per heavy atom. The molecular formula is C17H26N4O3. The predicted molar refractivity (Wildman–Crippen MR) is 90.6 cm³/mol. The summed E-state index contributed by atoms with van der Waals surface area (Å²) in [6.45, 7) is 5.40. The average Bonchev–Trinajstić information content (AvgIpc) is 2.63. The van der Waals surface area contributed by atoms with Gasteiger partial charge in [0.15, 0.2) is 0 Å². The number of nitrogens with zero attached hydrogens (tertiary/aromatic N) is 3. The number of hydrogen-bond acceptors (Lipinski definition) is 5. The molecule has 7 nitrogen and oxygen atoms in total. The third-order valence-corrected chi connectivity index (χ3v) is 5.15. The highest BCUT2D eigenvalue weighted by molar-refractivity contribution is 5.81. The zero-order valence-corrected chi connectivity index (χ0v) is 14.4. The van der Waals surface area contributed by atoms with Crippen LogP contribution in [-0.4, -0.2) is 46.6 Å². The van der Waals surface area contributed by atoms with Gasteiger partial charge in [0, 0.05) is 37.9 Å². The fourth-order valence-electron chi connectivity index (χ4n) is 3.10. The van der Waals surface area contributed by atoms with Crippen LogP contribution in [0.25, 0.3) is 0 Å². The van der Waals surface area contributed by atoms with E-state index in [-0.39, 0.29) is 18.4 Å². The van der Waals surface area contributed by atoms with Gasteiger partial charge in [-0.3, -0.25) is 14.6 Å². The van der Waals surface area contributed by atoms with Crippen molar-refractivity contribution in [2.45, 2.75) is 39.5 Å². The van der Waals surface area contributed by atoms with Gasteiger partial charge in [-0.25, -0.2) is 4.98 Å². The van der Waals surface area contributed by atoms with Crippen molar-refractivity contribution >= 4 is 17.7 Å². The van der Waals surface area contributed by atoms with E-state index in [2.05, 4.69) is 20.2 Å². The third-order valence-electron chi connectivity index (χ3n) is 5.15. The number of anilines is 1. The molecule has 1 aromatic rings. The SMILES string of the molecule is CCC(CC)(CNC(=O)C1CCN(c2cnccn2)CC1)C(=O)O. The van der Waals surface area contributed by atoms with Crippen LogP contribution in [0.2, 0.25) is 0 Å². The van der Waals surface area contributed by atoms with Gasteiger partial charge in [-0.1, -0.05) is 13.8 Å². The molecule has 0 bridgehead atoms. The lowest BCUT2D eigenvalue weighted by molar-refractivity contribution is -0.149. The predicted octanol–water partition coefficient (Wildman–Crippen LogP) is 1.70. The Balaban J connectivity index is 1.86. The number of carboxylic acids is 1. The molecule has 2 rings (SSSR count). The number of carboxylic acid groups (broad SMARTS) is 1. The first-order valence-electron chi connectivity index (χ1n) is 8.54. The summed E-state index contributed by atoms with van der Waals surface area (Å²) in [5.74, 6) is -0.122. The number of rotatable bonds is 7. The van der Waals surface area contributed by atoms with Crippen LogP contribution < -0.4 is 10.2 Å². The standard InChI is InChI=1S/C17H26N4O3/c1-3-17(4-2,16(23)24)12-20-15(22)13-5-9-21(10-6-13)14-11-18-7-8-19-14/h7-8,11,13H,3-6,9-10,12H2,1-2H3,(H,20,22)(H,23,24). The number of nitrogens with one attached hydrogen (secondary N) is 1. The van der Waals surface area contributed by atoms with E-state index in [9.17, 15) is 14.7 Å². The molecule has 1 amide bonds. The number of aliphatic carboxylic acids is 1. The number of carbonyl (C=O) groups is 2. The van der Waals surface area contributed by atoms with Crippen LogP contribution in [0.3, 0.4) is 0 Å². The summed E-state index contributed by atoms with van der Waals surface area (Å²) in [5, 5.41) is 12.3. The van der Waals surface area contributed by atoms with Gasteiger partial charge < -0.3 is 15.3 Å². The summed E-state index contributed by atoms with van der Waals surface area (Å²) >= 11 is 0. The molecule has 1 aliphatic heterocycles. The van der Waals surface area contributed by atoms with Crippen molar-refractivity contribution in [2.75, 3.05) is 24.5 Å². The Morgan fingerprint density at radius 1 is 1.29 bits per heavy atom. The minimum Gasteiger partial charge on any atom is -0.481 e. The first kappa shape index (κ1) is 18.2. The van der Waals surface area contributed by atoms with Gasteiger partial charge >= 0.3 is 5.97 Å². The van der Waals surface area contributed by atoms with Gasteiger partial charge in [0.25, 0.3) is 0 Å². The molecule has 0 spiro atoms. The monoisotopic (exact) mass is 334 g/mol. The van der Waals surface area contributed by atoms with Crippen molar-refractivity contribution in [1.29, 1.82) is 0 Å². The van der Waals surface area contributed by atoms with Crippen LogP contribution in [0.5, 0.6) is 0 Å². The molecule has 0 radical (unpaired) electrons. The normalized spacial score (nSPS) is 16.0. The van der Waals surface area contributed by atoms with Crippen molar-refractivity contribution in [1.82, 2.24) is 15.3 Å². The lowest BCUT2D eigenvalue weighted by Crippen LogP contribution is -2.46. The lowest BCUT2D eigenvalue weighted by Gasteiger charge is -2.33. The first-order valence-corrected chi connectivity index (χ1v) is 8.54. The fourth-order valence-corrected chi connectivity index (χ4v) is 3.10. The maximum Gasteiger partial charge on any atom is 0.311 e. The first-order chi connectivity index (χ1) is 11.5. The van der Waals surface area contributed by atoms with Crippen molar-refractivity contribution in [3.63, 3.8) is 0 Å². The maximum absolute atomic E-state index is 12.4. The summed E-state index contributed by atoms with van der Waals surface area (Å²) in [6, 6.07) is 0. The highest BCUT2D eigenvalue weighted by Crippen LogP contribution is 2.26. The van der Waals surface area contributed by atoms with Gasteiger partial charge in [0.05, 0.1) is 11.6 Å². The molecule has 1 aliphatic rings. The van der Waals surface area contributed by atoms with Crippen molar-refractivity contribution in [3.05, 3.63) is 18.6 Å². The van der Waals surface area contributed by atoms with Crippen molar-refractivity contribution < 1.29 is 14.7 Å². The van der Waals surface area contributed by atoms with Crippen molar-refractivity contribution in [3.8, 4) is 0 Å². The van der Waals surface area contributed by atoms with Gasteiger partial charge in [0.1, 0.15) is 5.82 Å². The van der Waals surface area contributed by atoms with Gasteiger partial charge in [-0.05, 0) is 25.7 Å². The van der Waals surface area contributed by atoms with Crippen LogP contribution in [0.15, 0.2) is 18.6 Å². The fraction of sp³-hybridized carbons (Fsp3) is 0.647. The molecule has 0 aliphatic carbocycles. The van der Waals surface area contributed by atoms with Gasteiger partial charge in [-0.2, -0.15) is 0 Å². The molecule has 0 unspecified atom stereocenters. The van der Waals surface area contributed by atoms with E-state index in [4.69, 9.17) is 0 Å². The van der Waals surface area contributed by atoms with Crippen LogP contribution in [0, 0.1) is 11.3 Å². The van der Waals surface area contributed by atoms with Crippen LogP contribution in [-0.2, 0) is 9.59 Å². The summed E-state index contributed by atoms with van der Waals surface area (Å²) in [6.07, 6.45) is 7.51. The van der Waals surface area contributed by atoms with Crippen LogP contribution in [0.1, 0.15) is 39.5 Å². The Kier molecular flexibility index (Phi) is 6.11. The highest BCUT2D eigenvalue weighted by atomic mass is 16.4. The van der Waals surface area contributed by atoms with E-state index < -0.39 is 11.4 Å². The van der Waals surface area contributed by atoms with Crippen LogP contribution >= 0.6 is 0 Å². The van der Waals surface area contributed by atoms with Gasteiger partial charge in [-0.15, -0.1) is 0 Å². The van der Waals surface area contributed by atoms with E-state index in [1.54, 1.807) is 18.6 Å². The zero-order valence-electron chi connectivity index (χ0n) is 14.4. The van der Waals surface area contributed by atoms with E-state index in [0.29, 0.717) is 12.8 Å². The largest absolute Gasteiger partial charge is 0.481 e. The number of piperidine rings is 1. The second-order valence-electron chi connectivity index (χ2n) is 6.34. The Bertz CT molecular complexity index is 552.